The molecule has 0 heterocycles. The van der Waals surface area contributed by atoms with E-state index in [9.17, 15) is 31.1 Å². The molecule has 3 aromatic carbocycles. The Hall–Kier alpha value is -3.02. The molecule has 0 spiro atoms. The normalized spacial score (nSPS) is 11.7. The summed E-state index contributed by atoms with van der Waals surface area (Å²) in [4.78, 5) is 10.9. The Labute approximate surface area is 210 Å². The van der Waals surface area contributed by atoms with Crippen LogP contribution in [0.3, 0.4) is 0 Å². The Balaban J connectivity index is 1.90. The summed E-state index contributed by atoms with van der Waals surface area (Å²) in [6, 6.07) is 13.4. The highest BCUT2D eigenvalue weighted by Gasteiger charge is 2.31. The summed E-state index contributed by atoms with van der Waals surface area (Å²) in [6.45, 7) is -0.0361. The van der Waals surface area contributed by atoms with Crippen LogP contribution >= 0.6 is 22.6 Å². The molecule has 0 fully saturated rings. The van der Waals surface area contributed by atoms with Gasteiger partial charge in [0, 0.05) is 0 Å². The fourth-order valence-electron chi connectivity index (χ4n) is 3.24. The van der Waals surface area contributed by atoms with E-state index in [4.69, 9.17) is 9.84 Å². The second kappa shape index (κ2) is 10.7. The Kier molecular flexibility index (Phi) is 8.14. The minimum Gasteiger partial charge on any atom is -0.488 e. The standard InChI is InChI=1S/C25H17F6IO3/c26-24(27,28)18-6-2-16(3-7-18)20(17-4-8-19(9-5-17)25(29,30)31)11-12-35-22-10-1-15(13-21(22)32)14-23(33)34/h1-11,13H,12,14H2,(H,33,34). The summed E-state index contributed by atoms with van der Waals surface area (Å²) in [5.74, 6) is -0.523. The molecule has 3 aromatic rings. The molecule has 10 heteroatoms. The van der Waals surface area contributed by atoms with E-state index in [1.54, 1.807) is 24.3 Å². The third-order valence-corrected chi connectivity index (χ3v) is 5.77. The molecule has 0 saturated carbocycles. The topological polar surface area (TPSA) is 46.5 Å². The number of carboxylic acids is 1. The van der Waals surface area contributed by atoms with Gasteiger partial charge in [-0.1, -0.05) is 30.3 Å². The summed E-state index contributed by atoms with van der Waals surface area (Å²) in [7, 11) is 0. The molecule has 0 unspecified atom stereocenters. The maximum Gasteiger partial charge on any atom is 0.416 e. The molecular weight excluding hydrogens is 589 g/mol. The number of halogens is 7. The van der Waals surface area contributed by atoms with Crippen molar-refractivity contribution in [3.8, 4) is 5.75 Å². The van der Waals surface area contributed by atoms with Crippen LogP contribution in [0.1, 0.15) is 27.8 Å². The number of ether oxygens (including phenoxy) is 1. The molecule has 0 atom stereocenters. The molecule has 0 aliphatic rings. The van der Waals surface area contributed by atoms with Gasteiger partial charge in [0.15, 0.2) is 0 Å². The molecule has 0 bridgehead atoms. The van der Waals surface area contributed by atoms with E-state index in [1.165, 1.54) is 24.3 Å². The van der Waals surface area contributed by atoms with E-state index in [1.807, 2.05) is 22.6 Å². The first-order valence-corrected chi connectivity index (χ1v) is 11.1. The van der Waals surface area contributed by atoms with Gasteiger partial charge in [0.1, 0.15) is 12.4 Å². The highest BCUT2D eigenvalue weighted by molar-refractivity contribution is 14.1. The van der Waals surface area contributed by atoms with Crippen LogP contribution in [0, 0.1) is 3.57 Å². The molecule has 184 valence electrons. The lowest BCUT2D eigenvalue weighted by atomic mass is 9.95. The van der Waals surface area contributed by atoms with Crippen molar-refractivity contribution in [2.24, 2.45) is 0 Å². The molecule has 3 rings (SSSR count). The average molecular weight is 606 g/mol. The maximum absolute atomic E-state index is 13.0. The van der Waals surface area contributed by atoms with Gasteiger partial charge >= 0.3 is 18.3 Å². The molecule has 0 saturated heterocycles. The third kappa shape index (κ3) is 7.23. The van der Waals surface area contributed by atoms with Crippen LogP contribution in [0.4, 0.5) is 26.3 Å². The van der Waals surface area contributed by atoms with Gasteiger partial charge in [-0.15, -0.1) is 0 Å². The smallest absolute Gasteiger partial charge is 0.416 e. The van der Waals surface area contributed by atoms with Crippen LogP contribution in [0.15, 0.2) is 72.8 Å². The van der Waals surface area contributed by atoms with Crippen LogP contribution in [0.5, 0.6) is 5.75 Å². The predicted molar refractivity (Wildman–Crippen MR) is 126 cm³/mol. The van der Waals surface area contributed by atoms with Crippen molar-refractivity contribution in [3.05, 3.63) is 104 Å². The first-order valence-electron chi connectivity index (χ1n) is 10.0. The van der Waals surface area contributed by atoms with E-state index < -0.39 is 29.4 Å². The minimum absolute atomic E-state index is 0.0361. The number of hydrogen-bond acceptors (Lipinski definition) is 2. The molecular formula is C25H17F6IO3. The van der Waals surface area contributed by atoms with Crippen LogP contribution in [0.2, 0.25) is 0 Å². The maximum atomic E-state index is 13.0. The number of benzene rings is 3. The zero-order valence-electron chi connectivity index (χ0n) is 17.8. The predicted octanol–water partition coefficient (Wildman–Crippen LogP) is 7.47. The van der Waals surface area contributed by atoms with Crippen LogP contribution < -0.4 is 4.74 Å². The monoisotopic (exact) mass is 606 g/mol. The number of aliphatic carboxylic acids is 1. The largest absolute Gasteiger partial charge is 0.488 e. The molecule has 1 N–H and O–H groups in total. The van der Waals surface area contributed by atoms with Crippen molar-refractivity contribution < 1.29 is 41.0 Å². The first-order chi connectivity index (χ1) is 16.3. The number of carbonyl (C=O) groups is 1. The van der Waals surface area contributed by atoms with Gasteiger partial charge < -0.3 is 9.84 Å². The van der Waals surface area contributed by atoms with Gasteiger partial charge in [-0.3, -0.25) is 4.79 Å². The molecule has 3 nitrogen and oxygen atoms in total. The van der Waals surface area contributed by atoms with Crippen LogP contribution in [-0.4, -0.2) is 17.7 Å². The van der Waals surface area contributed by atoms with E-state index in [0.29, 0.717) is 31.6 Å². The Morgan fingerprint density at radius 3 is 1.71 bits per heavy atom. The number of hydrogen-bond donors (Lipinski definition) is 1. The second-order valence-corrected chi connectivity index (χ2v) is 8.58. The first kappa shape index (κ1) is 26.6. The van der Waals surface area contributed by atoms with Gasteiger partial charge in [0.2, 0.25) is 0 Å². The Bertz CT molecular complexity index is 1150. The Morgan fingerprint density at radius 1 is 0.829 bits per heavy atom. The zero-order valence-corrected chi connectivity index (χ0v) is 19.9. The van der Waals surface area contributed by atoms with Crippen molar-refractivity contribution in [1.82, 2.24) is 0 Å². The third-order valence-electron chi connectivity index (χ3n) is 4.92. The fourth-order valence-corrected chi connectivity index (χ4v) is 3.98. The average Bonchev–Trinajstić information content (AvgIpc) is 2.77. The van der Waals surface area contributed by atoms with E-state index in [2.05, 4.69) is 0 Å². The molecule has 0 aromatic heterocycles. The summed E-state index contributed by atoms with van der Waals surface area (Å²) in [6.07, 6.45) is -7.64. The quantitative estimate of drug-likeness (QED) is 0.224. The fraction of sp³-hybridized carbons (Fsp3) is 0.160. The lowest BCUT2D eigenvalue weighted by Gasteiger charge is -2.14. The lowest BCUT2D eigenvalue weighted by molar-refractivity contribution is -0.138. The Morgan fingerprint density at radius 2 is 1.31 bits per heavy atom. The number of rotatable bonds is 7. The molecule has 0 aliphatic heterocycles. The summed E-state index contributed by atoms with van der Waals surface area (Å²) >= 11 is 1.98. The zero-order chi connectivity index (χ0) is 25.8. The van der Waals surface area contributed by atoms with Crippen molar-refractivity contribution in [3.63, 3.8) is 0 Å². The van der Waals surface area contributed by atoms with Crippen molar-refractivity contribution >= 4 is 34.1 Å². The van der Waals surface area contributed by atoms with Gasteiger partial charge in [-0.25, -0.2) is 0 Å². The number of alkyl halides is 6. The van der Waals surface area contributed by atoms with Crippen LogP contribution in [0.25, 0.3) is 5.57 Å². The van der Waals surface area contributed by atoms with Gasteiger partial charge in [0.05, 0.1) is 21.1 Å². The van der Waals surface area contributed by atoms with E-state index in [0.717, 1.165) is 24.3 Å². The molecule has 0 radical (unpaired) electrons. The van der Waals surface area contributed by atoms with Gasteiger partial charge in [-0.05, 0) is 87.3 Å². The highest BCUT2D eigenvalue weighted by atomic mass is 127. The van der Waals surface area contributed by atoms with Gasteiger partial charge in [-0.2, -0.15) is 26.3 Å². The SMILES string of the molecule is O=C(O)Cc1ccc(OCC=C(c2ccc(C(F)(F)F)cc2)c2ccc(C(F)(F)F)cc2)c(I)c1. The molecule has 0 aliphatic carbocycles. The lowest BCUT2D eigenvalue weighted by Crippen LogP contribution is -2.06. The minimum atomic E-state index is -4.52. The van der Waals surface area contributed by atoms with Crippen molar-refractivity contribution in [1.29, 1.82) is 0 Å². The summed E-state index contributed by atoms with van der Waals surface area (Å²) in [5.41, 5.74) is 0.0196. The van der Waals surface area contributed by atoms with Gasteiger partial charge in [0.25, 0.3) is 0 Å². The second-order valence-electron chi connectivity index (χ2n) is 7.41. The highest BCUT2D eigenvalue weighted by Crippen LogP contribution is 2.34. The molecule has 0 amide bonds. The van der Waals surface area contributed by atoms with Crippen molar-refractivity contribution in [2.75, 3.05) is 6.61 Å². The van der Waals surface area contributed by atoms with Crippen LogP contribution in [-0.2, 0) is 23.6 Å². The van der Waals surface area contributed by atoms with Crippen molar-refractivity contribution in [2.45, 2.75) is 18.8 Å². The van der Waals surface area contributed by atoms with E-state index in [-0.39, 0.29) is 13.0 Å². The summed E-state index contributed by atoms with van der Waals surface area (Å²) < 4.78 is 84.1. The van der Waals surface area contributed by atoms with E-state index >= 15 is 0 Å². The molecule has 35 heavy (non-hydrogen) atoms. The summed E-state index contributed by atoms with van der Waals surface area (Å²) in [5, 5.41) is 8.90. The number of carboxylic acid groups (broad SMARTS) is 1.